The maximum absolute atomic E-state index is 12.5. The zero-order chi connectivity index (χ0) is 13.3. The minimum Gasteiger partial charge on any atom is -0.492 e. The molecule has 0 N–H and O–H groups in total. The van der Waals surface area contributed by atoms with Crippen molar-refractivity contribution in [2.75, 3.05) is 6.61 Å². The monoisotopic (exact) mass is 259 g/mol. The largest absolute Gasteiger partial charge is 0.492 e. The highest BCUT2D eigenvalue weighted by Crippen LogP contribution is 2.39. The molecule has 0 amide bonds. The fourth-order valence-corrected chi connectivity index (χ4v) is 1.09. The minimum absolute atomic E-state index is 0.0645. The Balaban J connectivity index is 3.30. The normalized spacial score (nSPS) is 12.6. The van der Waals surface area contributed by atoms with Gasteiger partial charge in [-0.25, -0.2) is 4.98 Å². The number of halogens is 6. The van der Waals surface area contributed by atoms with Gasteiger partial charge < -0.3 is 4.74 Å². The van der Waals surface area contributed by atoms with Crippen LogP contribution in [-0.2, 0) is 12.4 Å². The second-order valence-corrected chi connectivity index (χ2v) is 2.99. The molecule has 0 fully saturated rings. The van der Waals surface area contributed by atoms with Crippen molar-refractivity contribution in [3.8, 4) is 5.75 Å². The van der Waals surface area contributed by atoms with Crippen LogP contribution < -0.4 is 4.74 Å². The van der Waals surface area contributed by atoms with Gasteiger partial charge in [0.05, 0.1) is 12.8 Å². The summed E-state index contributed by atoms with van der Waals surface area (Å²) >= 11 is 0. The third-order valence-electron chi connectivity index (χ3n) is 1.76. The highest BCUT2D eigenvalue weighted by molar-refractivity contribution is 5.35. The predicted molar refractivity (Wildman–Crippen MR) is 45.4 cm³/mol. The molecule has 0 saturated carbocycles. The number of rotatable bonds is 2. The average molecular weight is 259 g/mol. The summed E-state index contributed by atoms with van der Waals surface area (Å²) in [6.45, 7) is 1.31. The van der Waals surface area contributed by atoms with Crippen molar-refractivity contribution in [2.45, 2.75) is 19.3 Å². The molecule has 2 nitrogen and oxygen atoms in total. The molecule has 0 aromatic carbocycles. The Bertz CT molecular complexity index is 397. The lowest BCUT2D eigenvalue weighted by Crippen LogP contribution is -2.14. The van der Waals surface area contributed by atoms with Crippen molar-refractivity contribution in [1.82, 2.24) is 4.98 Å². The van der Waals surface area contributed by atoms with E-state index in [0.29, 0.717) is 6.20 Å². The van der Waals surface area contributed by atoms with Crippen LogP contribution >= 0.6 is 0 Å². The van der Waals surface area contributed by atoms with Crippen LogP contribution in [0.2, 0.25) is 0 Å². The van der Waals surface area contributed by atoms with E-state index >= 15 is 0 Å². The van der Waals surface area contributed by atoms with Gasteiger partial charge in [-0.05, 0) is 13.0 Å². The standard InChI is InChI=1S/C9H7F6NO/c1-2-17-6-4-16-7(9(13,14)15)3-5(6)8(10,11)12/h3-4H,2H2,1H3. The fraction of sp³-hybridized carbons (Fsp3) is 0.444. The van der Waals surface area contributed by atoms with Gasteiger partial charge in [0, 0.05) is 0 Å². The average Bonchev–Trinajstić information content (AvgIpc) is 2.15. The van der Waals surface area contributed by atoms with E-state index in [9.17, 15) is 26.3 Å². The van der Waals surface area contributed by atoms with Gasteiger partial charge >= 0.3 is 12.4 Å². The third kappa shape index (κ3) is 3.24. The van der Waals surface area contributed by atoms with Crippen LogP contribution in [0.3, 0.4) is 0 Å². The lowest BCUT2D eigenvalue weighted by atomic mass is 10.2. The van der Waals surface area contributed by atoms with Gasteiger partial charge in [0.15, 0.2) is 0 Å². The first-order chi connectivity index (χ1) is 7.66. The summed E-state index contributed by atoms with van der Waals surface area (Å²) in [6, 6.07) is -0.0645. The van der Waals surface area contributed by atoms with E-state index in [2.05, 4.69) is 9.72 Å². The first-order valence-corrected chi connectivity index (χ1v) is 4.43. The SMILES string of the molecule is CCOc1cnc(C(F)(F)F)cc1C(F)(F)F. The Hall–Kier alpha value is -1.47. The van der Waals surface area contributed by atoms with E-state index < -0.39 is 29.4 Å². The molecule has 1 rings (SSSR count). The van der Waals surface area contributed by atoms with Crippen LogP contribution in [0.15, 0.2) is 12.3 Å². The van der Waals surface area contributed by atoms with Crippen molar-refractivity contribution in [2.24, 2.45) is 0 Å². The van der Waals surface area contributed by atoms with Crippen LogP contribution in [0.5, 0.6) is 5.75 Å². The Kier molecular flexibility index (Phi) is 3.53. The van der Waals surface area contributed by atoms with Crippen LogP contribution in [0.4, 0.5) is 26.3 Å². The summed E-state index contributed by atoms with van der Waals surface area (Å²) in [5.74, 6) is -0.715. The minimum atomic E-state index is -4.93. The van der Waals surface area contributed by atoms with E-state index in [1.54, 1.807) is 0 Å². The first-order valence-electron chi connectivity index (χ1n) is 4.43. The summed E-state index contributed by atoms with van der Waals surface area (Å²) in [6.07, 6.45) is -9.42. The molecule has 0 unspecified atom stereocenters. The summed E-state index contributed by atoms with van der Waals surface area (Å²) in [5, 5.41) is 0. The molecule has 17 heavy (non-hydrogen) atoms. The Morgan fingerprint density at radius 1 is 1.12 bits per heavy atom. The van der Waals surface area contributed by atoms with E-state index in [1.165, 1.54) is 6.92 Å². The molecule has 0 atom stereocenters. The molecular formula is C9H7F6NO. The number of hydrogen-bond acceptors (Lipinski definition) is 2. The maximum atomic E-state index is 12.5. The molecule has 0 aliphatic rings. The lowest BCUT2D eigenvalue weighted by Gasteiger charge is -2.14. The second-order valence-electron chi connectivity index (χ2n) is 2.99. The number of aromatic nitrogens is 1. The van der Waals surface area contributed by atoms with Crippen LogP contribution in [0, 0.1) is 0 Å². The molecular weight excluding hydrogens is 252 g/mol. The molecule has 0 spiro atoms. The number of hydrogen-bond donors (Lipinski definition) is 0. The molecule has 96 valence electrons. The molecule has 1 aromatic heterocycles. The summed E-state index contributed by atoms with van der Waals surface area (Å²) < 4.78 is 78.6. The molecule has 0 aliphatic heterocycles. The zero-order valence-electron chi connectivity index (χ0n) is 8.49. The molecule has 0 aliphatic carbocycles. The smallest absolute Gasteiger partial charge is 0.433 e. The molecule has 0 saturated heterocycles. The second kappa shape index (κ2) is 4.42. The number of ether oxygens (including phenoxy) is 1. The van der Waals surface area contributed by atoms with E-state index in [4.69, 9.17) is 0 Å². The fourth-order valence-electron chi connectivity index (χ4n) is 1.09. The molecule has 1 heterocycles. The van der Waals surface area contributed by atoms with Gasteiger partial charge in [0.2, 0.25) is 0 Å². The van der Waals surface area contributed by atoms with Crippen molar-refractivity contribution in [3.63, 3.8) is 0 Å². The van der Waals surface area contributed by atoms with Crippen molar-refractivity contribution >= 4 is 0 Å². The highest BCUT2D eigenvalue weighted by atomic mass is 19.4. The van der Waals surface area contributed by atoms with Crippen LogP contribution in [0.1, 0.15) is 18.2 Å². The first kappa shape index (κ1) is 13.6. The Morgan fingerprint density at radius 3 is 2.12 bits per heavy atom. The molecule has 0 radical (unpaired) electrons. The zero-order valence-corrected chi connectivity index (χ0v) is 8.49. The van der Waals surface area contributed by atoms with E-state index in [1.807, 2.05) is 0 Å². The molecule has 8 heteroatoms. The molecule has 1 aromatic rings. The van der Waals surface area contributed by atoms with Crippen LogP contribution in [-0.4, -0.2) is 11.6 Å². The van der Waals surface area contributed by atoms with Crippen molar-refractivity contribution in [3.05, 3.63) is 23.5 Å². The van der Waals surface area contributed by atoms with Gasteiger partial charge in [0.1, 0.15) is 17.0 Å². The topological polar surface area (TPSA) is 22.1 Å². The van der Waals surface area contributed by atoms with Crippen LogP contribution in [0.25, 0.3) is 0 Å². The number of alkyl halides is 6. The summed E-state index contributed by atoms with van der Waals surface area (Å²) in [7, 11) is 0. The van der Waals surface area contributed by atoms with E-state index in [-0.39, 0.29) is 12.7 Å². The van der Waals surface area contributed by atoms with Gasteiger partial charge in [-0.15, -0.1) is 0 Å². The lowest BCUT2D eigenvalue weighted by molar-refractivity contribution is -0.146. The van der Waals surface area contributed by atoms with Crippen molar-refractivity contribution < 1.29 is 31.1 Å². The Labute approximate surface area is 92.2 Å². The van der Waals surface area contributed by atoms with Crippen molar-refractivity contribution in [1.29, 1.82) is 0 Å². The Morgan fingerprint density at radius 2 is 1.71 bits per heavy atom. The summed E-state index contributed by atoms with van der Waals surface area (Å²) in [5.41, 5.74) is -3.09. The van der Waals surface area contributed by atoms with E-state index in [0.717, 1.165) is 0 Å². The molecule has 0 bridgehead atoms. The van der Waals surface area contributed by atoms with Gasteiger partial charge in [-0.1, -0.05) is 0 Å². The van der Waals surface area contributed by atoms with Gasteiger partial charge in [-0.2, -0.15) is 26.3 Å². The maximum Gasteiger partial charge on any atom is 0.433 e. The van der Waals surface area contributed by atoms with Gasteiger partial charge in [0.25, 0.3) is 0 Å². The van der Waals surface area contributed by atoms with Gasteiger partial charge in [-0.3, -0.25) is 0 Å². The number of nitrogens with zero attached hydrogens (tertiary/aromatic N) is 1. The highest BCUT2D eigenvalue weighted by Gasteiger charge is 2.39. The predicted octanol–water partition coefficient (Wildman–Crippen LogP) is 3.52. The number of pyridine rings is 1. The third-order valence-corrected chi connectivity index (χ3v) is 1.76. The quantitative estimate of drug-likeness (QED) is 0.758. The summed E-state index contributed by atoms with van der Waals surface area (Å²) in [4.78, 5) is 2.89.